The summed E-state index contributed by atoms with van der Waals surface area (Å²) in [4.78, 5) is 12.0. The Morgan fingerprint density at radius 3 is 2.32 bits per heavy atom. The van der Waals surface area contributed by atoms with Gasteiger partial charge in [-0.25, -0.2) is 0 Å². The Kier molecular flexibility index (Phi) is 3.57. The topological polar surface area (TPSA) is 38.3 Å². The molecular formula is C16H23NO2. The molecule has 1 amide bonds. The van der Waals surface area contributed by atoms with Crippen molar-refractivity contribution >= 4 is 5.91 Å². The Morgan fingerprint density at radius 2 is 1.79 bits per heavy atom. The van der Waals surface area contributed by atoms with Crippen LogP contribution in [0.5, 0.6) is 5.75 Å². The molecule has 104 valence electrons. The Balaban J connectivity index is 1.91. The molecule has 3 heteroatoms. The number of hydrogen-bond acceptors (Lipinski definition) is 2. The second kappa shape index (κ2) is 4.87. The molecular weight excluding hydrogens is 238 g/mol. The first-order valence-corrected chi connectivity index (χ1v) is 6.81. The Labute approximate surface area is 115 Å². The third kappa shape index (κ3) is 3.98. The quantitative estimate of drug-likeness (QED) is 0.908. The van der Waals surface area contributed by atoms with Gasteiger partial charge in [-0.15, -0.1) is 0 Å². The van der Waals surface area contributed by atoms with Crippen LogP contribution in [0.1, 0.15) is 38.3 Å². The lowest BCUT2D eigenvalue weighted by molar-refractivity contribution is -0.124. The predicted octanol–water partition coefficient (Wildman–Crippen LogP) is 2.99. The van der Waals surface area contributed by atoms with Crippen LogP contribution < -0.4 is 10.1 Å². The Hall–Kier alpha value is -1.51. The van der Waals surface area contributed by atoms with E-state index in [2.05, 4.69) is 25.2 Å². The molecule has 1 aliphatic rings. The van der Waals surface area contributed by atoms with Gasteiger partial charge >= 0.3 is 0 Å². The molecule has 1 fully saturated rings. The van der Waals surface area contributed by atoms with E-state index >= 15 is 0 Å². The van der Waals surface area contributed by atoms with E-state index in [0.29, 0.717) is 0 Å². The fourth-order valence-corrected chi connectivity index (χ4v) is 2.22. The zero-order chi connectivity index (χ0) is 14.2. The van der Waals surface area contributed by atoms with Crippen LogP contribution in [0, 0.1) is 19.8 Å². The first-order chi connectivity index (χ1) is 8.74. The molecule has 0 unspecified atom stereocenters. The summed E-state index contributed by atoms with van der Waals surface area (Å²) >= 11 is 0. The van der Waals surface area contributed by atoms with Gasteiger partial charge < -0.3 is 10.1 Å². The minimum absolute atomic E-state index is 0.0000402. The van der Waals surface area contributed by atoms with Crippen molar-refractivity contribution in [3.8, 4) is 5.75 Å². The molecule has 1 saturated carbocycles. The molecule has 0 spiro atoms. The summed E-state index contributed by atoms with van der Waals surface area (Å²) in [6, 6.07) is 6.15. The van der Waals surface area contributed by atoms with Crippen LogP contribution in [-0.4, -0.2) is 17.6 Å². The molecule has 0 aliphatic heterocycles. The number of carbonyl (C=O) groups is 1. The molecule has 2 atom stereocenters. The molecule has 0 radical (unpaired) electrons. The molecule has 1 aromatic rings. The molecule has 0 aromatic heterocycles. The number of benzene rings is 1. The maximum absolute atomic E-state index is 12.0. The first-order valence-electron chi connectivity index (χ1n) is 6.81. The van der Waals surface area contributed by atoms with Crippen molar-refractivity contribution < 1.29 is 9.53 Å². The van der Waals surface area contributed by atoms with Crippen LogP contribution in [0.3, 0.4) is 0 Å². The van der Waals surface area contributed by atoms with E-state index in [1.165, 1.54) is 11.1 Å². The van der Waals surface area contributed by atoms with Crippen molar-refractivity contribution in [1.82, 2.24) is 5.32 Å². The first kappa shape index (κ1) is 13.9. The van der Waals surface area contributed by atoms with Crippen molar-refractivity contribution in [3.63, 3.8) is 0 Å². The van der Waals surface area contributed by atoms with Gasteiger partial charge in [0.2, 0.25) is 5.91 Å². The lowest BCUT2D eigenvalue weighted by Gasteiger charge is -2.20. The van der Waals surface area contributed by atoms with Gasteiger partial charge in [0.1, 0.15) is 11.9 Å². The highest BCUT2D eigenvalue weighted by atomic mass is 16.5. The molecule has 1 N–H and O–H groups in total. The smallest absolute Gasteiger partial charge is 0.227 e. The molecule has 2 rings (SSSR count). The minimum Gasteiger partial charge on any atom is -0.490 e. The number of aryl methyl sites for hydroxylation is 2. The average Bonchev–Trinajstić information content (AvgIpc) is 2.92. The van der Waals surface area contributed by atoms with Crippen LogP contribution in [0.15, 0.2) is 18.2 Å². The lowest BCUT2D eigenvalue weighted by atomic mass is 10.1. The average molecular weight is 261 g/mol. The summed E-state index contributed by atoms with van der Waals surface area (Å²) in [5, 5.41) is 3.00. The van der Waals surface area contributed by atoms with E-state index in [1.807, 2.05) is 32.9 Å². The molecule has 0 heterocycles. The van der Waals surface area contributed by atoms with E-state index in [-0.39, 0.29) is 23.5 Å². The summed E-state index contributed by atoms with van der Waals surface area (Å²) in [6.45, 7) is 10.1. The summed E-state index contributed by atoms with van der Waals surface area (Å²) in [5.74, 6) is 0.968. The van der Waals surface area contributed by atoms with Crippen LogP contribution in [0.4, 0.5) is 0 Å². The molecule has 0 saturated heterocycles. The van der Waals surface area contributed by atoms with Crippen LogP contribution in [0.25, 0.3) is 0 Å². The summed E-state index contributed by atoms with van der Waals surface area (Å²) < 4.78 is 5.87. The van der Waals surface area contributed by atoms with Crippen LogP contribution in [-0.2, 0) is 4.79 Å². The number of ether oxygens (including phenoxy) is 1. The zero-order valence-electron chi connectivity index (χ0n) is 12.4. The third-order valence-electron chi connectivity index (χ3n) is 3.05. The second-order valence-electron chi connectivity index (χ2n) is 6.56. The van der Waals surface area contributed by atoms with Crippen LogP contribution in [0.2, 0.25) is 0 Å². The van der Waals surface area contributed by atoms with Crippen LogP contribution >= 0.6 is 0 Å². The largest absolute Gasteiger partial charge is 0.490 e. The van der Waals surface area contributed by atoms with Gasteiger partial charge in [0.05, 0.1) is 5.92 Å². The third-order valence-corrected chi connectivity index (χ3v) is 3.05. The fraction of sp³-hybridized carbons (Fsp3) is 0.562. The van der Waals surface area contributed by atoms with Gasteiger partial charge in [0, 0.05) is 12.0 Å². The predicted molar refractivity (Wildman–Crippen MR) is 76.3 cm³/mol. The van der Waals surface area contributed by atoms with E-state index in [4.69, 9.17) is 4.74 Å². The standard InChI is InChI=1S/C16H23NO2/c1-10-6-11(2)8-12(7-10)19-14-9-13(14)15(18)17-16(3,4)5/h6-8,13-14H,9H2,1-5H3,(H,17,18)/t13-,14-/m0/s1. The SMILES string of the molecule is Cc1cc(C)cc(O[C@H]2C[C@@H]2C(=O)NC(C)(C)C)c1. The normalized spacial score (nSPS) is 21.9. The van der Waals surface area contributed by atoms with Gasteiger partial charge in [-0.05, 0) is 57.9 Å². The maximum atomic E-state index is 12.0. The van der Waals surface area contributed by atoms with Gasteiger partial charge in [0.15, 0.2) is 0 Å². The highest BCUT2D eigenvalue weighted by molar-refractivity contribution is 5.82. The monoisotopic (exact) mass is 261 g/mol. The lowest BCUT2D eigenvalue weighted by Crippen LogP contribution is -2.42. The van der Waals surface area contributed by atoms with Crippen molar-refractivity contribution in [3.05, 3.63) is 29.3 Å². The zero-order valence-corrected chi connectivity index (χ0v) is 12.4. The molecule has 1 aromatic carbocycles. The van der Waals surface area contributed by atoms with Gasteiger partial charge in [-0.3, -0.25) is 4.79 Å². The summed E-state index contributed by atoms with van der Waals surface area (Å²) in [6.07, 6.45) is 0.845. The maximum Gasteiger partial charge on any atom is 0.227 e. The minimum atomic E-state index is -0.176. The van der Waals surface area contributed by atoms with Gasteiger partial charge in [0.25, 0.3) is 0 Å². The van der Waals surface area contributed by atoms with Crippen molar-refractivity contribution in [2.24, 2.45) is 5.92 Å². The van der Waals surface area contributed by atoms with E-state index < -0.39 is 0 Å². The summed E-state index contributed by atoms with van der Waals surface area (Å²) in [5.41, 5.74) is 2.20. The van der Waals surface area contributed by atoms with Gasteiger partial charge in [-0.2, -0.15) is 0 Å². The molecule has 19 heavy (non-hydrogen) atoms. The fourth-order valence-electron chi connectivity index (χ4n) is 2.22. The van der Waals surface area contributed by atoms with E-state index in [0.717, 1.165) is 12.2 Å². The molecule has 0 bridgehead atoms. The summed E-state index contributed by atoms with van der Waals surface area (Å²) in [7, 11) is 0. The molecule has 1 aliphatic carbocycles. The number of amides is 1. The number of carbonyl (C=O) groups excluding carboxylic acids is 1. The Morgan fingerprint density at radius 1 is 1.21 bits per heavy atom. The number of nitrogens with one attached hydrogen (secondary N) is 1. The van der Waals surface area contributed by atoms with Crippen molar-refractivity contribution in [1.29, 1.82) is 0 Å². The van der Waals surface area contributed by atoms with Crippen molar-refractivity contribution in [2.45, 2.75) is 52.7 Å². The number of hydrogen-bond donors (Lipinski definition) is 1. The highest BCUT2D eigenvalue weighted by Crippen LogP contribution is 2.35. The van der Waals surface area contributed by atoms with E-state index in [1.54, 1.807) is 0 Å². The highest BCUT2D eigenvalue weighted by Gasteiger charge is 2.46. The van der Waals surface area contributed by atoms with E-state index in [9.17, 15) is 4.79 Å². The van der Waals surface area contributed by atoms with Crippen molar-refractivity contribution in [2.75, 3.05) is 0 Å². The Bertz CT molecular complexity index is 468. The molecule has 3 nitrogen and oxygen atoms in total. The number of rotatable bonds is 3. The van der Waals surface area contributed by atoms with Gasteiger partial charge in [-0.1, -0.05) is 6.07 Å². The second-order valence-corrected chi connectivity index (χ2v) is 6.56.